The summed E-state index contributed by atoms with van der Waals surface area (Å²) in [5.74, 6) is 1.40. The van der Waals surface area contributed by atoms with Crippen molar-refractivity contribution in [3.05, 3.63) is 77.6 Å². The van der Waals surface area contributed by atoms with Crippen molar-refractivity contribution in [2.24, 2.45) is 5.92 Å². The van der Waals surface area contributed by atoms with Gasteiger partial charge in [0.1, 0.15) is 11.6 Å². The zero-order valence-electron chi connectivity index (χ0n) is 17.0. The number of halogens is 1. The SMILES string of the molecule is CC(C)Cc1cccc(-c2ccc(Cn3ccnc3C(C)(C)C)c(F)c2)c1. The molecule has 0 radical (unpaired) electrons. The fourth-order valence-corrected chi connectivity index (χ4v) is 3.47. The summed E-state index contributed by atoms with van der Waals surface area (Å²) in [6.45, 7) is 11.3. The lowest BCUT2D eigenvalue weighted by Crippen LogP contribution is -2.19. The first kappa shape index (κ1) is 19.3. The molecule has 0 spiro atoms. The van der Waals surface area contributed by atoms with Crippen LogP contribution in [0.1, 0.15) is 51.6 Å². The Kier molecular flexibility index (Phi) is 5.50. The Hall–Kier alpha value is -2.42. The second-order valence-corrected chi connectivity index (χ2v) is 8.73. The summed E-state index contributed by atoms with van der Waals surface area (Å²) in [5.41, 5.74) is 3.89. The van der Waals surface area contributed by atoms with Crippen molar-refractivity contribution in [3.63, 3.8) is 0 Å². The Bertz CT molecular complexity index is 916. The van der Waals surface area contributed by atoms with Crippen LogP contribution in [0.2, 0.25) is 0 Å². The van der Waals surface area contributed by atoms with Gasteiger partial charge in [-0.1, -0.05) is 71.0 Å². The lowest BCUT2D eigenvalue weighted by Gasteiger charge is -2.20. The molecule has 0 aliphatic rings. The van der Waals surface area contributed by atoms with E-state index >= 15 is 0 Å². The molecule has 0 unspecified atom stereocenters. The maximum atomic E-state index is 14.8. The van der Waals surface area contributed by atoms with E-state index in [0.29, 0.717) is 18.0 Å². The maximum Gasteiger partial charge on any atom is 0.128 e. The molecule has 2 aromatic carbocycles. The minimum absolute atomic E-state index is 0.0726. The maximum absolute atomic E-state index is 14.8. The Balaban J connectivity index is 1.86. The standard InChI is InChI=1S/C24H29FN2/c1-17(2)13-18-7-6-8-19(14-18)20-9-10-21(22(25)15-20)16-27-12-11-26-23(27)24(3,4)5/h6-12,14-15,17H,13,16H2,1-5H3. The molecule has 3 aromatic rings. The highest BCUT2D eigenvalue weighted by atomic mass is 19.1. The zero-order valence-corrected chi connectivity index (χ0v) is 17.0. The summed E-state index contributed by atoms with van der Waals surface area (Å²) < 4.78 is 16.9. The normalized spacial score (nSPS) is 12.0. The molecule has 142 valence electrons. The van der Waals surface area contributed by atoms with Gasteiger partial charge in [-0.15, -0.1) is 0 Å². The molecule has 1 heterocycles. The van der Waals surface area contributed by atoms with Gasteiger partial charge in [-0.3, -0.25) is 0 Å². The van der Waals surface area contributed by atoms with E-state index < -0.39 is 0 Å². The summed E-state index contributed by atoms with van der Waals surface area (Å²) in [6.07, 6.45) is 4.74. The van der Waals surface area contributed by atoms with Gasteiger partial charge in [0.15, 0.2) is 0 Å². The highest BCUT2D eigenvalue weighted by molar-refractivity contribution is 5.64. The summed E-state index contributed by atoms with van der Waals surface area (Å²) in [4.78, 5) is 4.45. The average Bonchev–Trinajstić information content (AvgIpc) is 3.05. The third kappa shape index (κ3) is 4.65. The summed E-state index contributed by atoms with van der Waals surface area (Å²) in [7, 11) is 0. The van der Waals surface area contributed by atoms with Crippen LogP contribution in [0.5, 0.6) is 0 Å². The zero-order chi connectivity index (χ0) is 19.6. The monoisotopic (exact) mass is 364 g/mol. The third-order valence-electron chi connectivity index (χ3n) is 4.68. The van der Waals surface area contributed by atoms with E-state index in [4.69, 9.17) is 0 Å². The molecule has 2 nitrogen and oxygen atoms in total. The van der Waals surface area contributed by atoms with Crippen LogP contribution in [0, 0.1) is 11.7 Å². The van der Waals surface area contributed by atoms with Crippen molar-refractivity contribution in [2.75, 3.05) is 0 Å². The molecule has 3 rings (SSSR count). The molecule has 3 heteroatoms. The van der Waals surface area contributed by atoms with Crippen molar-refractivity contribution in [1.29, 1.82) is 0 Å². The number of benzene rings is 2. The largest absolute Gasteiger partial charge is 0.330 e. The topological polar surface area (TPSA) is 17.8 Å². The summed E-state index contributed by atoms with van der Waals surface area (Å²) >= 11 is 0. The Labute approximate surface area is 162 Å². The lowest BCUT2D eigenvalue weighted by atomic mass is 9.95. The van der Waals surface area contributed by atoms with Crippen molar-refractivity contribution in [2.45, 2.75) is 53.0 Å². The minimum atomic E-state index is -0.171. The van der Waals surface area contributed by atoms with Crippen molar-refractivity contribution < 1.29 is 4.39 Å². The highest BCUT2D eigenvalue weighted by Crippen LogP contribution is 2.26. The lowest BCUT2D eigenvalue weighted by molar-refractivity contribution is 0.505. The number of imidazole rings is 1. The molecule has 0 bridgehead atoms. The molecule has 27 heavy (non-hydrogen) atoms. The Morgan fingerprint density at radius 3 is 2.44 bits per heavy atom. The molecule has 0 saturated carbocycles. The number of rotatable bonds is 5. The Morgan fingerprint density at radius 1 is 1.04 bits per heavy atom. The predicted octanol–water partition coefficient (Wildman–Crippen LogP) is 6.23. The summed E-state index contributed by atoms with van der Waals surface area (Å²) in [6, 6.07) is 14.0. The third-order valence-corrected chi connectivity index (χ3v) is 4.68. The van der Waals surface area contributed by atoms with E-state index in [1.54, 1.807) is 12.3 Å². The van der Waals surface area contributed by atoms with E-state index in [9.17, 15) is 4.39 Å². The quantitative estimate of drug-likeness (QED) is 0.524. The van der Waals surface area contributed by atoms with E-state index in [0.717, 1.165) is 23.4 Å². The fraction of sp³-hybridized carbons (Fsp3) is 0.375. The second-order valence-electron chi connectivity index (χ2n) is 8.73. The molecular weight excluding hydrogens is 335 g/mol. The number of nitrogens with zero attached hydrogens (tertiary/aromatic N) is 2. The van der Waals surface area contributed by atoms with E-state index in [-0.39, 0.29) is 11.2 Å². The molecule has 0 N–H and O–H groups in total. The second kappa shape index (κ2) is 7.67. The van der Waals surface area contributed by atoms with Crippen LogP contribution >= 0.6 is 0 Å². The van der Waals surface area contributed by atoms with Gasteiger partial charge in [-0.25, -0.2) is 9.37 Å². The van der Waals surface area contributed by atoms with Gasteiger partial charge < -0.3 is 4.57 Å². The minimum Gasteiger partial charge on any atom is -0.330 e. The van der Waals surface area contributed by atoms with Crippen LogP contribution < -0.4 is 0 Å². The van der Waals surface area contributed by atoms with Gasteiger partial charge in [0, 0.05) is 23.4 Å². The van der Waals surface area contributed by atoms with Gasteiger partial charge in [0.2, 0.25) is 0 Å². The van der Waals surface area contributed by atoms with Crippen molar-refractivity contribution in [3.8, 4) is 11.1 Å². The van der Waals surface area contributed by atoms with E-state index in [1.165, 1.54) is 5.56 Å². The smallest absolute Gasteiger partial charge is 0.128 e. The summed E-state index contributed by atoms with van der Waals surface area (Å²) in [5, 5.41) is 0. The molecular formula is C24H29FN2. The van der Waals surface area contributed by atoms with Crippen LogP contribution in [-0.2, 0) is 18.4 Å². The van der Waals surface area contributed by atoms with Gasteiger partial charge >= 0.3 is 0 Å². The van der Waals surface area contributed by atoms with Crippen LogP contribution in [0.15, 0.2) is 54.9 Å². The van der Waals surface area contributed by atoms with Crippen molar-refractivity contribution in [1.82, 2.24) is 9.55 Å². The van der Waals surface area contributed by atoms with Gasteiger partial charge in [-0.05, 0) is 35.1 Å². The fourth-order valence-electron chi connectivity index (χ4n) is 3.47. The predicted molar refractivity (Wildman–Crippen MR) is 110 cm³/mol. The average molecular weight is 365 g/mol. The van der Waals surface area contributed by atoms with Gasteiger partial charge in [0.25, 0.3) is 0 Å². The molecule has 0 saturated heterocycles. The first-order valence-corrected chi connectivity index (χ1v) is 9.63. The molecule has 1 aromatic heterocycles. The van der Waals surface area contributed by atoms with Crippen LogP contribution in [0.3, 0.4) is 0 Å². The highest BCUT2D eigenvalue weighted by Gasteiger charge is 2.20. The number of aromatic nitrogens is 2. The molecule has 0 fully saturated rings. The van der Waals surface area contributed by atoms with Gasteiger partial charge in [0.05, 0.1) is 6.54 Å². The van der Waals surface area contributed by atoms with Crippen LogP contribution in [-0.4, -0.2) is 9.55 Å². The van der Waals surface area contributed by atoms with Gasteiger partial charge in [-0.2, -0.15) is 0 Å². The van der Waals surface area contributed by atoms with E-state index in [2.05, 4.69) is 57.8 Å². The molecule has 0 aliphatic carbocycles. The first-order chi connectivity index (χ1) is 12.7. The van der Waals surface area contributed by atoms with Crippen molar-refractivity contribution >= 4 is 0 Å². The number of hydrogen-bond donors (Lipinski definition) is 0. The number of hydrogen-bond acceptors (Lipinski definition) is 1. The van der Waals surface area contributed by atoms with E-state index in [1.807, 2.05) is 29.0 Å². The van der Waals surface area contributed by atoms with Crippen LogP contribution in [0.4, 0.5) is 4.39 Å². The molecule has 0 atom stereocenters. The Morgan fingerprint density at radius 2 is 1.78 bits per heavy atom. The van der Waals surface area contributed by atoms with Crippen LogP contribution in [0.25, 0.3) is 11.1 Å². The molecule has 0 aliphatic heterocycles. The first-order valence-electron chi connectivity index (χ1n) is 9.63. The molecule has 0 amide bonds.